The maximum absolute atomic E-state index is 0. The van der Waals surface area contributed by atoms with Crippen molar-refractivity contribution in [2.75, 3.05) is 0 Å². The van der Waals surface area contributed by atoms with Crippen molar-refractivity contribution in [3.05, 3.63) is 0 Å². The average Bonchev–Trinajstić information content (AvgIpc) is 0. The zero-order chi connectivity index (χ0) is 0. The Morgan fingerprint density at radius 2 is 0.800 bits per heavy atom. The van der Waals surface area contributed by atoms with Crippen LogP contribution in [0.2, 0.25) is 0 Å². The van der Waals surface area contributed by atoms with Crippen LogP contribution in [0.25, 0.3) is 0 Å². The van der Waals surface area contributed by atoms with E-state index in [9.17, 15) is 0 Å². The van der Waals surface area contributed by atoms with Crippen molar-refractivity contribution < 1.29 is 93.3 Å². The Morgan fingerprint density at radius 1 is 0.800 bits per heavy atom. The van der Waals surface area contributed by atoms with Crippen molar-refractivity contribution in [2.24, 2.45) is 0 Å². The number of hydrogen-bond acceptors (Lipinski definition) is 0. The maximum atomic E-state index is 0. The van der Waals surface area contributed by atoms with E-state index < -0.39 is 0 Å². The van der Waals surface area contributed by atoms with Gasteiger partial charge in [0.15, 0.2) is 0 Å². The molecule has 5 heavy (non-hydrogen) atoms. The van der Waals surface area contributed by atoms with Crippen molar-refractivity contribution in [1.82, 2.24) is 0 Å². The topological polar surface area (TPSA) is 0 Å². The summed E-state index contributed by atoms with van der Waals surface area (Å²) in [6.45, 7) is 0. The van der Waals surface area contributed by atoms with Crippen LogP contribution in [0.1, 0.15) is 0 Å². The van der Waals surface area contributed by atoms with Crippen molar-refractivity contribution in [2.45, 2.75) is 0 Å². The molecule has 1 radical (unpaired) electrons. The first-order chi connectivity index (χ1) is 0. The molecule has 0 amide bonds. The van der Waals surface area contributed by atoms with Gasteiger partial charge >= 0.3 is 68.5 Å². The molecule has 0 saturated carbocycles. The fourth-order valence-electron chi connectivity index (χ4n) is 0. The van der Waals surface area contributed by atoms with Gasteiger partial charge in [0.05, 0.1) is 0 Å². The number of hydrogen-bond donors (Lipinski definition) is 0. The van der Waals surface area contributed by atoms with E-state index in [0.717, 1.165) is 0 Å². The normalized spacial score (nSPS) is 0. The molecule has 0 saturated heterocycles. The molecule has 0 aliphatic heterocycles. The Hall–Kier alpha value is 2.80. The van der Waals surface area contributed by atoms with E-state index in [1.54, 1.807) is 0 Å². The standard InChI is InChI=1S/BH4.2ClH.Cu.K/h1H4;2*1H;;/q-1;;;+2;+1/p-2. The second-order valence-corrected chi connectivity index (χ2v) is 0. The summed E-state index contributed by atoms with van der Waals surface area (Å²) in [5, 5.41) is 0. The third kappa shape index (κ3) is 20.0. The molecule has 0 nitrogen and oxygen atoms in total. The van der Waals surface area contributed by atoms with Crippen LogP contribution in [-0.4, -0.2) is 8.41 Å². The van der Waals surface area contributed by atoms with E-state index in [4.69, 9.17) is 0 Å². The summed E-state index contributed by atoms with van der Waals surface area (Å²) in [5.74, 6) is 0. The fourth-order valence-corrected chi connectivity index (χ4v) is 0. The predicted octanol–water partition coefficient (Wildman–Crippen LogP) is -10.4. The van der Waals surface area contributed by atoms with E-state index in [-0.39, 0.29) is 102 Å². The first kappa shape index (κ1) is 46.0. The van der Waals surface area contributed by atoms with E-state index in [1.165, 1.54) is 0 Å². The quantitative estimate of drug-likeness (QED) is 0.331. The third-order valence-corrected chi connectivity index (χ3v) is 0. The van der Waals surface area contributed by atoms with Crippen LogP contribution >= 0.6 is 0 Å². The second kappa shape index (κ2) is 29.2. The molecule has 0 spiro atoms. The van der Waals surface area contributed by atoms with Gasteiger partial charge in [0, 0.05) is 0 Å². The first-order valence-corrected chi connectivity index (χ1v) is 0. The van der Waals surface area contributed by atoms with Gasteiger partial charge in [0.2, 0.25) is 0 Å². The summed E-state index contributed by atoms with van der Waals surface area (Å²) < 4.78 is 0. The van der Waals surface area contributed by atoms with Gasteiger partial charge in [-0.2, -0.15) is 0 Å². The summed E-state index contributed by atoms with van der Waals surface area (Å²) in [6, 6.07) is 0. The summed E-state index contributed by atoms with van der Waals surface area (Å²) in [4.78, 5) is 0. The third-order valence-electron chi connectivity index (χ3n) is 0. The van der Waals surface area contributed by atoms with Gasteiger partial charge in [-0.25, -0.2) is 0 Å². The SMILES string of the molecule is [BH4-].[Cl-].[Cl-].[Cu+2].[K+]. The van der Waals surface area contributed by atoms with E-state index in [0.29, 0.717) is 0 Å². The Morgan fingerprint density at radius 3 is 0.800 bits per heavy atom. The molecule has 0 rings (SSSR count). The van der Waals surface area contributed by atoms with Gasteiger partial charge in [-0.3, -0.25) is 0 Å². The Kier molecular flexibility index (Phi) is 268. The Balaban J connectivity index is 0. The molecule has 0 aromatic rings. The molecular weight excluding hydrogens is 184 g/mol. The van der Waals surface area contributed by atoms with Gasteiger partial charge in [-0.15, -0.1) is 0 Å². The zero-order valence-electron chi connectivity index (χ0n) is 2.06. The molecule has 0 N–H and O–H groups in total. The van der Waals surface area contributed by atoms with Gasteiger partial charge < -0.3 is 24.8 Å². The number of halogens is 2. The largest absolute Gasteiger partial charge is 2.00 e. The summed E-state index contributed by atoms with van der Waals surface area (Å²) in [5.41, 5.74) is 0. The van der Waals surface area contributed by atoms with Gasteiger partial charge in [-0.1, -0.05) is 8.41 Å². The average molecular weight is 188 g/mol. The Bertz CT molecular complexity index is 9.61. The van der Waals surface area contributed by atoms with E-state index in [2.05, 4.69) is 0 Å². The molecule has 33 valence electrons. The van der Waals surface area contributed by atoms with Crippen molar-refractivity contribution in [3.63, 3.8) is 0 Å². The van der Waals surface area contributed by atoms with Crippen LogP contribution in [0, 0.1) is 0 Å². The van der Waals surface area contributed by atoms with Gasteiger partial charge in [-0.05, 0) is 0 Å². The smallest absolute Gasteiger partial charge is 1.00 e. The monoisotopic (exact) mass is 187 g/mol. The molecular formula is H4BCl2CuK. The summed E-state index contributed by atoms with van der Waals surface area (Å²) in [6.07, 6.45) is 0. The molecule has 5 heteroatoms. The second-order valence-electron chi connectivity index (χ2n) is 0. The minimum Gasteiger partial charge on any atom is -1.00 e. The van der Waals surface area contributed by atoms with E-state index in [1.807, 2.05) is 0 Å². The van der Waals surface area contributed by atoms with Gasteiger partial charge in [0.1, 0.15) is 0 Å². The van der Waals surface area contributed by atoms with Crippen LogP contribution < -0.4 is 76.2 Å². The molecule has 0 atom stereocenters. The minimum atomic E-state index is 0. The van der Waals surface area contributed by atoms with Crippen molar-refractivity contribution in [1.29, 1.82) is 0 Å². The molecule has 0 aliphatic rings. The van der Waals surface area contributed by atoms with Crippen LogP contribution in [0.5, 0.6) is 0 Å². The molecule has 0 bridgehead atoms. The predicted molar refractivity (Wildman–Crippen MR) is 11.3 cm³/mol. The van der Waals surface area contributed by atoms with Gasteiger partial charge in [0.25, 0.3) is 0 Å². The van der Waals surface area contributed by atoms with Crippen LogP contribution in [0.3, 0.4) is 0 Å². The molecule has 0 aromatic carbocycles. The maximum Gasteiger partial charge on any atom is 2.00 e. The van der Waals surface area contributed by atoms with E-state index >= 15 is 0 Å². The fraction of sp³-hybridized carbons (Fsp3) is 0. The molecule has 0 heterocycles. The zero-order valence-corrected chi connectivity index (χ0v) is 7.63. The molecule has 0 unspecified atom stereocenters. The minimum absolute atomic E-state index is 0. The first-order valence-electron chi connectivity index (χ1n) is 0. The van der Waals surface area contributed by atoms with Crippen LogP contribution in [0.4, 0.5) is 0 Å². The molecule has 0 aliphatic carbocycles. The summed E-state index contributed by atoms with van der Waals surface area (Å²) in [7, 11) is 0. The van der Waals surface area contributed by atoms with Crippen molar-refractivity contribution in [3.8, 4) is 0 Å². The van der Waals surface area contributed by atoms with Crippen molar-refractivity contribution >= 4 is 8.41 Å². The summed E-state index contributed by atoms with van der Waals surface area (Å²) >= 11 is 0. The molecule has 0 aromatic heterocycles. The Labute approximate surface area is 99.5 Å². The number of rotatable bonds is 0. The van der Waals surface area contributed by atoms with Crippen LogP contribution in [0.15, 0.2) is 0 Å². The van der Waals surface area contributed by atoms with Crippen LogP contribution in [-0.2, 0) is 17.1 Å². The molecule has 0 fully saturated rings.